The quantitative estimate of drug-likeness (QED) is 0.846. The molecule has 0 saturated carbocycles. The highest BCUT2D eigenvalue weighted by Crippen LogP contribution is 2.11. The van der Waals surface area contributed by atoms with Crippen LogP contribution >= 0.6 is 0 Å². The molecule has 0 aliphatic carbocycles. The molecule has 1 heterocycles. The molecule has 1 atom stereocenters. The Bertz CT molecular complexity index is 478. The first-order valence-corrected chi connectivity index (χ1v) is 7.60. The first-order chi connectivity index (χ1) is 10.1. The Hall–Kier alpha value is -1.68. The molecule has 1 saturated heterocycles. The fourth-order valence-corrected chi connectivity index (χ4v) is 2.54. The number of carbonyl (C=O) groups excluding carboxylic acids is 1. The molecule has 4 heteroatoms. The number of nitrogens with one attached hydrogen (secondary N) is 1. The van der Waals surface area contributed by atoms with Gasteiger partial charge in [0.25, 0.3) is 0 Å². The molecule has 1 fully saturated rings. The molecule has 1 aliphatic rings. The van der Waals surface area contributed by atoms with Gasteiger partial charge < -0.3 is 5.32 Å². The van der Waals surface area contributed by atoms with Crippen molar-refractivity contribution in [3.05, 3.63) is 41.7 Å². The number of nitrogens with zero attached hydrogens (tertiary/aromatic N) is 1. The maximum absolute atomic E-state index is 12.8. The Kier molecular flexibility index (Phi) is 5.93. The molecule has 1 aromatic carbocycles. The predicted octanol–water partition coefficient (Wildman–Crippen LogP) is 2.83. The van der Waals surface area contributed by atoms with Crippen LogP contribution in [0.4, 0.5) is 4.39 Å². The predicted molar refractivity (Wildman–Crippen MR) is 83.3 cm³/mol. The number of hydrogen-bond acceptors (Lipinski definition) is 2. The molecule has 2 rings (SSSR count). The van der Waals surface area contributed by atoms with Crippen LogP contribution in [0.1, 0.15) is 31.7 Å². The lowest BCUT2D eigenvalue weighted by molar-refractivity contribution is -0.116. The second kappa shape index (κ2) is 7.93. The third-order valence-electron chi connectivity index (χ3n) is 3.88. The molecule has 1 N–H and O–H groups in total. The van der Waals surface area contributed by atoms with Gasteiger partial charge in [-0.25, -0.2) is 4.39 Å². The van der Waals surface area contributed by atoms with Crippen molar-refractivity contribution in [3.8, 4) is 0 Å². The molecule has 3 nitrogen and oxygen atoms in total. The number of amides is 1. The van der Waals surface area contributed by atoms with Crippen molar-refractivity contribution < 1.29 is 9.18 Å². The highest BCUT2D eigenvalue weighted by molar-refractivity contribution is 5.91. The minimum atomic E-state index is -0.271. The smallest absolute Gasteiger partial charge is 0.244 e. The topological polar surface area (TPSA) is 32.3 Å². The van der Waals surface area contributed by atoms with Crippen molar-refractivity contribution >= 4 is 12.0 Å². The van der Waals surface area contributed by atoms with Crippen LogP contribution in [0.25, 0.3) is 6.08 Å². The summed E-state index contributed by atoms with van der Waals surface area (Å²) in [6.07, 6.45) is 7.01. The van der Waals surface area contributed by atoms with Crippen LogP contribution in [-0.4, -0.2) is 36.5 Å². The molecular formula is C17H23FN2O. The molecule has 114 valence electrons. The van der Waals surface area contributed by atoms with E-state index in [9.17, 15) is 9.18 Å². The van der Waals surface area contributed by atoms with Crippen LogP contribution in [0.2, 0.25) is 0 Å². The zero-order chi connectivity index (χ0) is 15.1. The zero-order valence-corrected chi connectivity index (χ0v) is 12.5. The van der Waals surface area contributed by atoms with Gasteiger partial charge in [0.05, 0.1) is 0 Å². The number of likely N-dealkylation sites (tertiary alicyclic amines) is 1. The lowest BCUT2D eigenvalue weighted by Gasteiger charge is -2.32. The second-order valence-electron chi connectivity index (χ2n) is 5.58. The zero-order valence-electron chi connectivity index (χ0n) is 12.5. The van der Waals surface area contributed by atoms with E-state index in [4.69, 9.17) is 0 Å². The molecule has 0 aromatic heterocycles. The van der Waals surface area contributed by atoms with E-state index in [1.807, 2.05) is 0 Å². The number of halogens is 1. The van der Waals surface area contributed by atoms with Gasteiger partial charge in [-0.3, -0.25) is 9.69 Å². The first-order valence-electron chi connectivity index (χ1n) is 7.60. The van der Waals surface area contributed by atoms with Gasteiger partial charge in [-0.2, -0.15) is 0 Å². The normalized spacial score (nSPS) is 17.8. The van der Waals surface area contributed by atoms with Crippen molar-refractivity contribution in [1.82, 2.24) is 10.2 Å². The average molecular weight is 290 g/mol. The number of rotatable bonds is 5. The number of hydrogen-bond donors (Lipinski definition) is 1. The van der Waals surface area contributed by atoms with Gasteiger partial charge >= 0.3 is 0 Å². The SMILES string of the molecule is C[C@H](CNC(=O)/C=C/c1ccc(F)cc1)N1CCCCC1. The third-order valence-corrected chi connectivity index (χ3v) is 3.88. The van der Waals surface area contributed by atoms with Crippen molar-refractivity contribution in [2.24, 2.45) is 0 Å². The van der Waals surface area contributed by atoms with Crippen molar-refractivity contribution in [1.29, 1.82) is 0 Å². The van der Waals surface area contributed by atoms with Gasteiger partial charge in [-0.05, 0) is 56.6 Å². The van der Waals surface area contributed by atoms with E-state index >= 15 is 0 Å². The molecule has 1 aliphatic heterocycles. The van der Waals surface area contributed by atoms with Crippen molar-refractivity contribution in [2.75, 3.05) is 19.6 Å². The summed E-state index contributed by atoms with van der Waals surface area (Å²) in [6, 6.07) is 6.44. The summed E-state index contributed by atoms with van der Waals surface area (Å²) in [5.41, 5.74) is 0.815. The Morgan fingerprint density at radius 2 is 1.95 bits per heavy atom. The largest absolute Gasteiger partial charge is 0.351 e. The minimum absolute atomic E-state index is 0.108. The van der Waals surface area contributed by atoms with E-state index in [2.05, 4.69) is 17.1 Å². The van der Waals surface area contributed by atoms with Crippen LogP contribution in [0.3, 0.4) is 0 Å². The highest BCUT2D eigenvalue weighted by Gasteiger charge is 2.16. The molecule has 0 bridgehead atoms. The Morgan fingerprint density at radius 1 is 1.29 bits per heavy atom. The summed E-state index contributed by atoms with van der Waals surface area (Å²) in [5.74, 6) is -0.379. The standard InChI is InChI=1S/C17H23FN2O/c1-14(20-11-3-2-4-12-20)13-19-17(21)10-7-15-5-8-16(18)9-6-15/h5-10,14H,2-4,11-13H2,1H3,(H,19,21)/b10-7+/t14-/m1/s1. The minimum Gasteiger partial charge on any atom is -0.351 e. The van der Waals surface area contributed by atoms with Crippen LogP contribution in [0.5, 0.6) is 0 Å². The molecular weight excluding hydrogens is 267 g/mol. The maximum Gasteiger partial charge on any atom is 0.244 e. The van der Waals surface area contributed by atoms with Gasteiger partial charge in [0.1, 0.15) is 5.82 Å². The number of carbonyl (C=O) groups is 1. The Morgan fingerprint density at radius 3 is 2.62 bits per heavy atom. The average Bonchev–Trinajstić information content (AvgIpc) is 2.53. The summed E-state index contributed by atoms with van der Waals surface area (Å²) in [4.78, 5) is 14.2. The summed E-state index contributed by atoms with van der Waals surface area (Å²) in [6.45, 7) is 5.06. The van der Waals surface area contributed by atoms with E-state index < -0.39 is 0 Å². The van der Waals surface area contributed by atoms with Gasteiger partial charge in [0.2, 0.25) is 5.91 Å². The van der Waals surface area contributed by atoms with E-state index in [1.165, 1.54) is 37.5 Å². The monoisotopic (exact) mass is 290 g/mol. The first kappa shape index (κ1) is 15.7. The van der Waals surface area contributed by atoms with Crippen LogP contribution in [0, 0.1) is 5.82 Å². The van der Waals surface area contributed by atoms with E-state index in [1.54, 1.807) is 18.2 Å². The summed E-state index contributed by atoms with van der Waals surface area (Å²) in [5, 5.41) is 2.92. The molecule has 0 spiro atoms. The molecule has 21 heavy (non-hydrogen) atoms. The maximum atomic E-state index is 12.8. The van der Waals surface area contributed by atoms with Gasteiger partial charge in [-0.15, -0.1) is 0 Å². The van der Waals surface area contributed by atoms with Crippen molar-refractivity contribution in [3.63, 3.8) is 0 Å². The molecule has 1 amide bonds. The Balaban J connectivity index is 1.75. The molecule has 1 aromatic rings. The van der Waals surface area contributed by atoms with Gasteiger partial charge in [0, 0.05) is 18.7 Å². The van der Waals surface area contributed by atoms with Crippen LogP contribution in [0.15, 0.2) is 30.3 Å². The summed E-state index contributed by atoms with van der Waals surface area (Å²) >= 11 is 0. The molecule has 0 radical (unpaired) electrons. The second-order valence-corrected chi connectivity index (χ2v) is 5.58. The van der Waals surface area contributed by atoms with Gasteiger partial charge in [-0.1, -0.05) is 18.6 Å². The van der Waals surface area contributed by atoms with Crippen LogP contribution < -0.4 is 5.32 Å². The number of piperidine rings is 1. The van der Waals surface area contributed by atoms with Crippen LogP contribution in [-0.2, 0) is 4.79 Å². The fourth-order valence-electron chi connectivity index (χ4n) is 2.54. The third kappa shape index (κ3) is 5.31. The van der Waals surface area contributed by atoms with E-state index in [0.29, 0.717) is 12.6 Å². The van der Waals surface area contributed by atoms with Crippen molar-refractivity contribution in [2.45, 2.75) is 32.2 Å². The van der Waals surface area contributed by atoms with E-state index in [-0.39, 0.29) is 11.7 Å². The fraction of sp³-hybridized carbons (Fsp3) is 0.471. The van der Waals surface area contributed by atoms with E-state index in [0.717, 1.165) is 18.7 Å². The summed E-state index contributed by atoms with van der Waals surface area (Å²) < 4.78 is 12.8. The Labute approximate surface area is 125 Å². The molecule has 0 unspecified atom stereocenters. The summed E-state index contributed by atoms with van der Waals surface area (Å²) in [7, 11) is 0. The highest BCUT2D eigenvalue weighted by atomic mass is 19.1. The lowest BCUT2D eigenvalue weighted by atomic mass is 10.1. The van der Waals surface area contributed by atoms with Gasteiger partial charge in [0.15, 0.2) is 0 Å². The lowest BCUT2D eigenvalue weighted by Crippen LogP contribution is -2.44. The number of benzene rings is 1.